The fourth-order valence-corrected chi connectivity index (χ4v) is 2.24. The second kappa shape index (κ2) is 6.06. The molecule has 4 heteroatoms. The highest BCUT2D eigenvalue weighted by atomic mass is 16.5. The Labute approximate surface area is 114 Å². The van der Waals surface area contributed by atoms with Crippen molar-refractivity contribution in [1.29, 1.82) is 0 Å². The maximum atomic E-state index is 11.9. The van der Waals surface area contributed by atoms with Crippen LogP contribution in [0.2, 0.25) is 0 Å². The van der Waals surface area contributed by atoms with Crippen LogP contribution in [0.25, 0.3) is 0 Å². The molecule has 1 aliphatic rings. The number of amides is 1. The number of carbonyl (C=O) groups excluding carboxylic acids is 1. The molecule has 1 aromatic rings. The largest absolute Gasteiger partial charge is 0.378 e. The van der Waals surface area contributed by atoms with Crippen LogP contribution in [0, 0.1) is 6.92 Å². The van der Waals surface area contributed by atoms with Gasteiger partial charge in [-0.1, -0.05) is 6.07 Å². The lowest BCUT2D eigenvalue weighted by atomic mass is 10.1. The highest BCUT2D eigenvalue weighted by molar-refractivity contribution is 5.81. The van der Waals surface area contributed by atoms with Gasteiger partial charge in [-0.3, -0.25) is 4.79 Å². The zero-order chi connectivity index (χ0) is 13.8. The second-order valence-electron chi connectivity index (χ2n) is 5.22. The van der Waals surface area contributed by atoms with Crippen molar-refractivity contribution in [2.24, 2.45) is 0 Å². The van der Waals surface area contributed by atoms with Gasteiger partial charge in [0.15, 0.2) is 0 Å². The number of carbonyl (C=O) groups is 1. The van der Waals surface area contributed by atoms with E-state index in [2.05, 4.69) is 35.3 Å². The minimum atomic E-state index is -0.249. The molecular weight excluding hydrogens is 240 g/mol. The second-order valence-corrected chi connectivity index (χ2v) is 5.22. The Morgan fingerprint density at radius 2 is 2.26 bits per heavy atom. The summed E-state index contributed by atoms with van der Waals surface area (Å²) in [5, 5.41) is 2.95. The number of anilines is 1. The molecule has 2 rings (SSSR count). The molecule has 0 aromatic heterocycles. The van der Waals surface area contributed by atoms with Gasteiger partial charge in [0.25, 0.3) is 0 Å². The molecule has 0 unspecified atom stereocenters. The molecular formula is C15H22N2O2. The van der Waals surface area contributed by atoms with E-state index in [0.717, 1.165) is 18.4 Å². The number of rotatable bonds is 4. The Bertz CT molecular complexity index is 451. The van der Waals surface area contributed by atoms with Gasteiger partial charge in [0, 0.05) is 32.9 Å². The third-order valence-electron chi connectivity index (χ3n) is 3.52. The van der Waals surface area contributed by atoms with Crippen molar-refractivity contribution in [2.45, 2.75) is 32.4 Å². The van der Waals surface area contributed by atoms with Crippen LogP contribution < -0.4 is 10.2 Å². The number of ether oxygens (including phenoxy) is 1. The van der Waals surface area contributed by atoms with Crippen molar-refractivity contribution >= 4 is 11.6 Å². The summed E-state index contributed by atoms with van der Waals surface area (Å²) in [6, 6.07) is 6.27. The van der Waals surface area contributed by atoms with Gasteiger partial charge < -0.3 is 15.0 Å². The van der Waals surface area contributed by atoms with Crippen LogP contribution in [0.5, 0.6) is 0 Å². The van der Waals surface area contributed by atoms with Crippen LogP contribution in [-0.2, 0) is 16.1 Å². The van der Waals surface area contributed by atoms with Crippen molar-refractivity contribution in [1.82, 2.24) is 5.32 Å². The summed E-state index contributed by atoms with van der Waals surface area (Å²) in [5.41, 5.74) is 3.52. The first kappa shape index (κ1) is 13.9. The quantitative estimate of drug-likeness (QED) is 0.900. The van der Waals surface area contributed by atoms with Crippen LogP contribution >= 0.6 is 0 Å². The lowest BCUT2D eigenvalue weighted by molar-refractivity contribution is -0.130. The van der Waals surface area contributed by atoms with Crippen LogP contribution in [0.3, 0.4) is 0 Å². The van der Waals surface area contributed by atoms with E-state index >= 15 is 0 Å². The van der Waals surface area contributed by atoms with Crippen LogP contribution in [0.15, 0.2) is 18.2 Å². The Hall–Kier alpha value is -1.55. The smallest absolute Gasteiger partial charge is 0.249 e. The molecule has 0 saturated carbocycles. The average Bonchev–Trinajstić information content (AvgIpc) is 2.90. The molecule has 1 fully saturated rings. The van der Waals surface area contributed by atoms with Gasteiger partial charge in [-0.25, -0.2) is 0 Å². The van der Waals surface area contributed by atoms with E-state index in [1.54, 1.807) is 0 Å². The molecule has 0 aliphatic carbocycles. The zero-order valence-corrected chi connectivity index (χ0v) is 11.9. The van der Waals surface area contributed by atoms with E-state index in [-0.39, 0.29) is 12.0 Å². The molecule has 1 aliphatic heterocycles. The van der Waals surface area contributed by atoms with Gasteiger partial charge in [0.2, 0.25) is 5.91 Å². The molecule has 1 aromatic carbocycles. The minimum absolute atomic E-state index is 0.00795. The summed E-state index contributed by atoms with van der Waals surface area (Å²) in [7, 11) is 4.04. The summed E-state index contributed by atoms with van der Waals surface area (Å²) in [6.45, 7) is 3.34. The highest BCUT2D eigenvalue weighted by Gasteiger charge is 2.23. The standard InChI is InChI=1S/C15H22N2O2/c1-11-9-13(17(2)3)7-6-12(11)10-16-15(18)14-5-4-8-19-14/h6-7,9,14H,4-5,8,10H2,1-3H3,(H,16,18)/t14-/m1/s1. The van der Waals surface area contributed by atoms with Gasteiger partial charge in [-0.05, 0) is 43.0 Å². The van der Waals surface area contributed by atoms with Crippen molar-refractivity contribution in [3.05, 3.63) is 29.3 Å². The number of hydrogen-bond donors (Lipinski definition) is 1. The fraction of sp³-hybridized carbons (Fsp3) is 0.533. The van der Waals surface area contributed by atoms with Crippen molar-refractivity contribution in [2.75, 3.05) is 25.6 Å². The molecule has 1 atom stereocenters. The molecule has 1 amide bonds. The Kier molecular flexibility index (Phi) is 4.43. The first-order valence-electron chi connectivity index (χ1n) is 6.74. The third kappa shape index (κ3) is 3.47. The molecule has 19 heavy (non-hydrogen) atoms. The number of nitrogens with zero attached hydrogens (tertiary/aromatic N) is 1. The van der Waals surface area contributed by atoms with Crippen LogP contribution in [0.1, 0.15) is 24.0 Å². The van der Waals surface area contributed by atoms with Crippen molar-refractivity contribution in [3.8, 4) is 0 Å². The van der Waals surface area contributed by atoms with Crippen LogP contribution in [0.4, 0.5) is 5.69 Å². The maximum Gasteiger partial charge on any atom is 0.249 e. The van der Waals surface area contributed by atoms with E-state index in [4.69, 9.17) is 4.74 Å². The molecule has 1 heterocycles. The molecule has 1 saturated heterocycles. The molecule has 0 spiro atoms. The number of nitrogens with one attached hydrogen (secondary N) is 1. The summed E-state index contributed by atoms with van der Waals surface area (Å²) >= 11 is 0. The molecule has 0 bridgehead atoms. The molecule has 0 radical (unpaired) electrons. The lowest BCUT2D eigenvalue weighted by Gasteiger charge is -2.16. The normalized spacial score (nSPS) is 18.4. The number of benzene rings is 1. The van der Waals surface area contributed by atoms with E-state index in [1.807, 2.05) is 14.1 Å². The average molecular weight is 262 g/mol. The zero-order valence-electron chi connectivity index (χ0n) is 11.9. The summed E-state index contributed by atoms with van der Waals surface area (Å²) in [4.78, 5) is 13.9. The summed E-state index contributed by atoms with van der Waals surface area (Å²) < 4.78 is 5.37. The number of aryl methyl sites for hydroxylation is 1. The van der Waals surface area contributed by atoms with Crippen LogP contribution in [-0.4, -0.2) is 32.7 Å². The van der Waals surface area contributed by atoms with E-state index in [0.29, 0.717) is 13.2 Å². The molecule has 1 N–H and O–H groups in total. The van der Waals surface area contributed by atoms with E-state index < -0.39 is 0 Å². The van der Waals surface area contributed by atoms with Crippen molar-refractivity contribution < 1.29 is 9.53 Å². The van der Waals surface area contributed by atoms with Gasteiger partial charge in [0.05, 0.1) is 0 Å². The number of hydrogen-bond acceptors (Lipinski definition) is 3. The minimum Gasteiger partial charge on any atom is -0.378 e. The van der Waals surface area contributed by atoms with Gasteiger partial charge in [-0.15, -0.1) is 0 Å². The van der Waals surface area contributed by atoms with Crippen molar-refractivity contribution in [3.63, 3.8) is 0 Å². The maximum absolute atomic E-state index is 11.9. The molecule has 104 valence electrons. The fourth-order valence-electron chi connectivity index (χ4n) is 2.24. The van der Waals surface area contributed by atoms with Gasteiger partial charge in [0.1, 0.15) is 6.10 Å². The van der Waals surface area contributed by atoms with Gasteiger partial charge in [-0.2, -0.15) is 0 Å². The SMILES string of the molecule is Cc1cc(N(C)C)ccc1CNC(=O)[C@H]1CCCO1. The summed E-state index contributed by atoms with van der Waals surface area (Å²) in [5.74, 6) is 0.00795. The predicted molar refractivity (Wildman–Crippen MR) is 76.3 cm³/mol. The Morgan fingerprint density at radius 1 is 1.47 bits per heavy atom. The Balaban J connectivity index is 1.94. The monoisotopic (exact) mass is 262 g/mol. The topological polar surface area (TPSA) is 41.6 Å². The lowest BCUT2D eigenvalue weighted by Crippen LogP contribution is -2.33. The highest BCUT2D eigenvalue weighted by Crippen LogP contribution is 2.17. The van der Waals surface area contributed by atoms with Gasteiger partial charge >= 0.3 is 0 Å². The third-order valence-corrected chi connectivity index (χ3v) is 3.52. The van der Waals surface area contributed by atoms with E-state index in [9.17, 15) is 4.79 Å². The Morgan fingerprint density at radius 3 is 2.84 bits per heavy atom. The first-order chi connectivity index (χ1) is 9.08. The molecule has 4 nitrogen and oxygen atoms in total. The summed E-state index contributed by atoms with van der Waals surface area (Å²) in [6.07, 6.45) is 1.57. The first-order valence-corrected chi connectivity index (χ1v) is 6.74. The van der Waals surface area contributed by atoms with E-state index in [1.165, 1.54) is 11.3 Å². The predicted octanol–water partition coefficient (Wildman–Crippen LogP) is 1.86.